The van der Waals surface area contributed by atoms with Gasteiger partial charge in [0.15, 0.2) is 5.78 Å². The van der Waals surface area contributed by atoms with Gasteiger partial charge in [0.25, 0.3) is 0 Å². The number of rotatable bonds is 8. The molecule has 2 heterocycles. The highest BCUT2D eigenvalue weighted by atomic mass is 16.6. The number of aromatic nitrogens is 1. The number of H-pyrrole nitrogens is 1. The molecule has 3 rings (SSSR count). The van der Waals surface area contributed by atoms with Crippen LogP contribution in [0.2, 0.25) is 0 Å². The highest BCUT2D eigenvalue weighted by Crippen LogP contribution is 2.37. The van der Waals surface area contributed by atoms with Crippen LogP contribution in [0, 0.1) is 5.92 Å². The molecule has 4 nitrogen and oxygen atoms in total. The second-order valence-corrected chi connectivity index (χ2v) is 8.22. The highest BCUT2D eigenvalue weighted by molar-refractivity contribution is 5.88. The van der Waals surface area contributed by atoms with Crippen molar-refractivity contribution in [3.05, 3.63) is 41.6 Å². The number of benzene rings is 1. The average molecular weight is 354 g/mol. The Morgan fingerprint density at radius 3 is 2.69 bits per heavy atom. The van der Waals surface area contributed by atoms with Crippen molar-refractivity contribution in [1.82, 2.24) is 9.88 Å². The zero-order chi connectivity index (χ0) is 18.9. The van der Waals surface area contributed by atoms with Crippen LogP contribution in [0.25, 0.3) is 17.0 Å². The smallest absolute Gasteiger partial charge is 0.165 e. The summed E-state index contributed by atoms with van der Waals surface area (Å²) in [6.45, 7) is 7.03. The first-order valence-electron chi connectivity index (χ1n) is 9.41. The molecule has 0 radical (unpaired) electrons. The lowest BCUT2D eigenvalue weighted by Gasteiger charge is -2.10. The summed E-state index contributed by atoms with van der Waals surface area (Å²) in [6.07, 6.45) is 5.58. The number of ketones is 1. The molecule has 2 aromatic rings. The Bertz CT molecular complexity index is 817. The number of nitrogens with zero attached hydrogens (tertiary/aromatic N) is 1. The largest absolute Gasteiger partial charge is 0.358 e. The number of nitrogens with one attached hydrogen (secondary N) is 1. The first-order valence-corrected chi connectivity index (χ1v) is 9.41. The van der Waals surface area contributed by atoms with E-state index >= 15 is 0 Å². The fourth-order valence-corrected chi connectivity index (χ4v) is 3.44. The van der Waals surface area contributed by atoms with Gasteiger partial charge in [-0.05, 0) is 58.0 Å². The fraction of sp³-hybridized carbons (Fsp3) is 0.500. The summed E-state index contributed by atoms with van der Waals surface area (Å²) in [5, 5.41) is 1.28. The summed E-state index contributed by atoms with van der Waals surface area (Å²) in [5.41, 5.74) is 3.39. The van der Waals surface area contributed by atoms with Gasteiger partial charge in [-0.25, -0.2) is 0 Å². The number of para-hydroxylation sites is 1. The maximum absolute atomic E-state index is 12.3. The Morgan fingerprint density at radius 1 is 1.35 bits per heavy atom. The predicted octanol–water partition coefficient (Wildman–Crippen LogP) is 4.06. The monoisotopic (exact) mass is 354 g/mol. The van der Waals surface area contributed by atoms with Crippen molar-refractivity contribution in [2.24, 2.45) is 5.92 Å². The van der Waals surface area contributed by atoms with Gasteiger partial charge in [0.2, 0.25) is 0 Å². The Balaban J connectivity index is 1.73. The number of carbonyl (C=O) groups excluding carboxylic acids is 1. The van der Waals surface area contributed by atoms with Gasteiger partial charge in [0.05, 0.1) is 5.60 Å². The fourth-order valence-electron chi connectivity index (χ4n) is 3.44. The van der Waals surface area contributed by atoms with E-state index in [9.17, 15) is 4.79 Å². The number of aromatic amines is 1. The number of Topliss-reactive ketones (excluding diaryl/α,β-unsaturated/α-hetero) is 1. The molecule has 1 fully saturated rings. The normalized spacial score (nSPS) is 20.2. The molecule has 0 saturated carbocycles. The van der Waals surface area contributed by atoms with Crippen molar-refractivity contribution in [2.45, 2.75) is 45.3 Å². The predicted molar refractivity (Wildman–Crippen MR) is 107 cm³/mol. The summed E-state index contributed by atoms with van der Waals surface area (Å²) >= 11 is 0. The summed E-state index contributed by atoms with van der Waals surface area (Å²) in [6, 6.07) is 8.43. The third-order valence-corrected chi connectivity index (χ3v) is 5.06. The molecule has 1 aliphatic rings. The minimum Gasteiger partial charge on any atom is -0.358 e. The van der Waals surface area contributed by atoms with E-state index in [-0.39, 0.29) is 23.4 Å². The van der Waals surface area contributed by atoms with Crippen LogP contribution in [0.5, 0.6) is 0 Å². The van der Waals surface area contributed by atoms with Gasteiger partial charge < -0.3 is 14.6 Å². The van der Waals surface area contributed by atoms with Crippen molar-refractivity contribution >= 4 is 22.8 Å². The summed E-state index contributed by atoms with van der Waals surface area (Å²) in [4.78, 5) is 18.0. The summed E-state index contributed by atoms with van der Waals surface area (Å²) in [5.74, 6) is 0.396. The zero-order valence-corrected chi connectivity index (χ0v) is 16.5. The van der Waals surface area contributed by atoms with Crippen LogP contribution in [0.4, 0.5) is 0 Å². The molecule has 0 spiro atoms. The first-order chi connectivity index (χ1) is 12.3. The number of allylic oxidation sites excluding steroid dienone is 1. The molecule has 4 heteroatoms. The maximum Gasteiger partial charge on any atom is 0.165 e. The molecule has 140 valence electrons. The number of hydrogen-bond acceptors (Lipinski definition) is 3. The Morgan fingerprint density at radius 2 is 2.04 bits per heavy atom. The second kappa shape index (κ2) is 7.37. The number of ether oxygens (including phenoxy) is 1. The lowest BCUT2D eigenvalue weighted by molar-refractivity contribution is -0.120. The molecule has 1 aromatic carbocycles. The molecule has 1 N–H and O–H groups in total. The van der Waals surface area contributed by atoms with Crippen molar-refractivity contribution < 1.29 is 9.53 Å². The SMILES string of the molecule is C[C@H](/C=C/c1[nH]c2ccccc2c1CCN(C)C)CC(=O)[C@@H]1OC1(C)C. The number of fused-ring (bicyclic) bond motifs is 1. The first kappa shape index (κ1) is 18.9. The quantitative estimate of drug-likeness (QED) is 0.727. The Labute approximate surface area is 156 Å². The molecular weight excluding hydrogens is 324 g/mol. The molecule has 26 heavy (non-hydrogen) atoms. The van der Waals surface area contributed by atoms with E-state index in [1.165, 1.54) is 10.9 Å². The number of hydrogen-bond donors (Lipinski definition) is 1. The third-order valence-electron chi connectivity index (χ3n) is 5.06. The van der Waals surface area contributed by atoms with Crippen LogP contribution in [-0.4, -0.2) is 48.0 Å². The molecule has 1 saturated heterocycles. The molecule has 0 amide bonds. The van der Waals surface area contributed by atoms with Crippen molar-refractivity contribution in [1.29, 1.82) is 0 Å². The zero-order valence-electron chi connectivity index (χ0n) is 16.5. The minimum atomic E-state index is -0.267. The Kier molecular flexibility index (Phi) is 5.35. The van der Waals surface area contributed by atoms with Crippen LogP contribution in [0.1, 0.15) is 38.4 Å². The van der Waals surface area contributed by atoms with Crippen LogP contribution in [0.15, 0.2) is 30.3 Å². The highest BCUT2D eigenvalue weighted by Gasteiger charge is 2.52. The lowest BCUT2D eigenvalue weighted by Crippen LogP contribution is -2.16. The average Bonchev–Trinajstić information content (AvgIpc) is 3.08. The van der Waals surface area contributed by atoms with Crippen molar-refractivity contribution in [3.8, 4) is 0 Å². The molecule has 0 bridgehead atoms. The van der Waals surface area contributed by atoms with Gasteiger partial charge in [-0.15, -0.1) is 0 Å². The van der Waals surface area contributed by atoms with E-state index in [1.807, 2.05) is 13.8 Å². The van der Waals surface area contributed by atoms with Gasteiger partial charge >= 0.3 is 0 Å². The van der Waals surface area contributed by atoms with E-state index < -0.39 is 0 Å². The number of likely N-dealkylation sites (N-methyl/N-ethyl adjacent to an activating group) is 1. The van der Waals surface area contributed by atoms with E-state index in [0.29, 0.717) is 6.42 Å². The molecule has 1 aromatic heterocycles. The van der Waals surface area contributed by atoms with E-state index in [1.54, 1.807) is 0 Å². The van der Waals surface area contributed by atoms with Gasteiger partial charge in [0.1, 0.15) is 6.10 Å². The maximum atomic E-state index is 12.3. The number of epoxide rings is 1. The molecular formula is C22H30N2O2. The summed E-state index contributed by atoms with van der Waals surface area (Å²) in [7, 11) is 4.19. The van der Waals surface area contributed by atoms with Crippen LogP contribution in [-0.2, 0) is 16.0 Å². The van der Waals surface area contributed by atoms with Gasteiger partial charge in [-0.1, -0.05) is 31.2 Å². The molecule has 2 atom stereocenters. The molecule has 1 aliphatic heterocycles. The van der Waals surface area contributed by atoms with Crippen LogP contribution >= 0.6 is 0 Å². The van der Waals surface area contributed by atoms with Crippen LogP contribution < -0.4 is 0 Å². The number of carbonyl (C=O) groups is 1. The summed E-state index contributed by atoms with van der Waals surface area (Å²) < 4.78 is 5.46. The molecule has 0 unspecified atom stereocenters. The van der Waals surface area contributed by atoms with Crippen molar-refractivity contribution in [2.75, 3.05) is 20.6 Å². The van der Waals surface area contributed by atoms with Gasteiger partial charge in [-0.2, -0.15) is 0 Å². The van der Waals surface area contributed by atoms with Crippen LogP contribution in [0.3, 0.4) is 0 Å². The minimum absolute atomic E-state index is 0.190. The van der Waals surface area contributed by atoms with Gasteiger partial charge in [-0.3, -0.25) is 4.79 Å². The second-order valence-electron chi connectivity index (χ2n) is 8.22. The van der Waals surface area contributed by atoms with Gasteiger partial charge in [0, 0.05) is 29.6 Å². The van der Waals surface area contributed by atoms with E-state index in [2.05, 4.69) is 67.3 Å². The van der Waals surface area contributed by atoms with E-state index in [4.69, 9.17) is 4.74 Å². The standard InChI is InChI=1S/C22H30N2O2/c1-15(14-20(25)21-22(2,3)26-21)10-11-19-17(12-13-24(4)5)16-8-6-7-9-18(16)23-19/h6-11,15,21,23H,12-14H2,1-5H3/b11-10+/t15-,21+/m1/s1. The lowest BCUT2D eigenvalue weighted by atomic mass is 9.97. The van der Waals surface area contributed by atoms with E-state index in [0.717, 1.165) is 24.2 Å². The Hall–Kier alpha value is -1.91. The van der Waals surface area contributed by atoms with Crippen molar-refractivity contribution in [3.63, 3.8) is 0 Å². The topological polar surface area (TPSA) is 48.6 Å². The molecule has 0 aliphatic carbocycles. The third kappa shape index (κ3) is 4.25.